The number of carbonyl (C=O) groups is 1. The van der Waals surface area contributed by atoms with Gasteiger partial charge in [0, 0.05) is 6.20 Å². The van der Waals surface area contributed by atoms with Crippen molar-refractivity contribution < 1.29 is 27.5 Å². The first kappa shape index (κ1) is 19.7. The molecule has 2 aromatic carbocycles. The molecule has 3 N–H and O–H groups in total. The van der Waals surface area contributed by atoms with Crippen molar-refractivity contribution in [1.82, 2.24) is 15.0 Å². The summed E-state index contributed by atoms with van der Waals surface area (Å²) in [7, 11) is 0. The molecule has 0 bridgehead atoms. The zero-order valence-corrected chi connectivity index (χ0v) is 15.5. The van der Waals surface area contributed by atoms with E-state index in [4.69, 9.17) is 0 Å². The first-order valence-electron chi connectivity index (χ1n) is 8.28. The average Bonchev–Trinajstić information content (AvgIpc) is 3.15. The molecule has 0 atom stereocenters. The molecule has 11 heteroatoms. The van der Waals surface area contributed by atoms with Crippen molar-refractivity contribution in [1.29, 1.82) is 0 Å². The molecule has 4 rings (SSSR count). The fraction of sp³-hybridized carbons (Fsp3) is 0. The first-order chi connectivity index (χ1) is 14.4. The van der Waals surface area contributed by atoms with Gasteiger partial charge in [0.2, 0.25) is 11.7 Å². The molecule has 0 aliphatic rings. The van der Waals surface area contributed by atoms with Crippen LogP contribution >= 0.6 is 11.9 Å². The Morgan fingerprint density at radius 3 is 2.63 bits per heavy atom. The maximum atomic E-state index is 15.0. The van der Waals surface area contributed by atoms with E-state index in [0.29, 0.717) is 11.9 Å². The van der Waals surface area contributed by atoms with Crippen LogP contribution in [0.4, 0.5) is 23.2 Å². The summed E-state index contributed by atoms with van der Waals surface area (Å²) in [6.07, 6.45) is 2.20. The van der Waals surface area contributed by atoms with Crippen molar-refractivity contribution in [2.45, 2.75) is 4.90 Å². The molecule has 0 aliphatic carbocycles. The van der Waals surface area contributed by atoms with E-state index in [1.807, 2.05) is 0 Å². The quantitative estimate of drug-likeness (QED) is 0.242. The minimum Gasteiger partial charge on any atom is -0.493 e. The summed E-state index contributed by atoms with van der Waals surface area (Å²) < 4.78 is 58.8. The topological polar surface area (TPSA) is 90.9 Å². The van der Waals surface area contributed by atoms with Crippen molar-refractivity contribution >= 4 is 34.5 Å². The number of nitrogens with one attached hydrogen (secondary N) is 2. The summed E-state index contributed by atoms with van der Waals surface area (Å²) in [4.78, 5) is 22.7. The Morgan fingerprint density at radius 1 is 1.07 bits per heavy atom. The van der Waals surface area contributed by atoms with E-state index in [1.165, 1.54) is 0 Å². The second-order valence-corrected chi connectivity index (χ2v) is 6.86. The lowest BCUT2D eigenvalue weighted by Gasteiger charge is -2.11. The molecule has 6 nitrogen and oxygen atoms in total. The Kier molecular flexibility index (Phi) is 5.04. The average molecular weight is 434 g/mol. The van der Waals surface area contributed by atoms with Crippen LogP contribution in [0.15, 0.2) is 47.8 Å². The van der Waals surface area contributed by atoms with Crippen molar-refractivity contribution in [3.8, 4) is 5.88 Å². The Labute approximate surface area is 170 Å². The minimum absolute atomic E-state index is 0.0872. The van der Waals surface area contributed by atoms with Crippen molar-refractivity contribution in [3.05, 3.63) is 77.3 Å². The fourth-order valence-corrected chi connectivity index (χ4v) is 3.48. The van der Waals surface area contributed by atoms with E-state index in [2.05, 4.69) is 19.7 Å². The smallest absolute Gasteiger partial charge is 0.224 e. The number of aromatic amines is 1. The molecule has 0 aliphatic heterocycles. The molecule has 0 fully saturated rings. The number of hydrogen-bond acceptors (Lipinski definition) is 6. The molecule has 0 radical (unpaired) electrons. The van der Waals surface area contributed by atoms with Crippen LogP contribution in [0, 0.1) is 23.3 Å². The van der Waals surface area contributed by atoms with Gasteiger partial charge in [0.25, 0.3) is 0 Å². The number of carbonyl (C=O) groups excluding carboxylic acids is 1. The molecule has 0 spiro atoms. The van der Waals surface area contributed by atoms with E-state index < -0.39 is 40.5 Å². The Balaban J connectivity index is 1.70. The summed E-state index contributed by atoms with van der Waals surface area (Å²) in [5, 5.41) is 9.81. The first-order valence-corrected chi connectivity index (χ1v) is 9.10. The molecule has 0 amide bonds. The lowest BCUT2D eigenvalue weighted by molar-refractivity contribution is 0.103. The number of ketones is 1. The van der Waals surface area contributed by atoms with Gasteiger partial charge in [0.05, 0.1) is 27.1 Å². The monoisotopic (exact) mass is 434 g/mol. The van der Waals surface area contributed by atoms with Gasteiger partial charge in [-0.2, -0.15) is 0 Å². The lowest BCUT2D eigenvalue weighted by Crippen LogP contribution is -2.09. The van der Waals surface area contributed by atoms with E-state index in [9.17, 15) is 27.5 Å². The van der Waals surface area contributed by atoms with Crippen LogP contribution in [-0.4, -0.2) is 25.8 Å². The number of anilines is 1. The number of fused-ring (bicyclic) bond motifs is 1. The SMILES string of the molecule is O=C(c1c(F)ccc(NSc2cc(F)ccc2F)c1F)c1c[nH]c2ncnc(O)c12. The van der Waals surface area contributed by atoms with Crippen LogP contribution in [-0.2, 0) is 0 Å². The number of hydrogen-bond donors (Lipinski definition) is 3. The van der Waals surface area contributed by atoms with Crippen LogP contribution in [0.2, 0.25) is 0 Å². The summed E-state index contributed by atoms with van der Waals surface area (Å²) in [5.74, 6) is -5.42. The number of benzene rings is 2. The summed E-state index contributed by atoms with van der Waals surface area (Å²) in [6.45, 7) is 0. The van der Waals surface area contributed by atoms with Gasteiger partial charge in [-0.05, 0) is 42.3 Å². The van der Waals surface area contributed by atoms with Crippen molar-refractivity contribution in [3.63, 3.8) is 0 Å². The van der Waals surface area contributed by atoms with Crippen molar-refractivity contribution in [2.75, 3.05) is 4.72 Å². The van der Waals surface area contributed by atoms with E-state index in [-0.39, 0.29) is 27.2 Å². The van der Waals surface area contributed by atoms with Gasteiger partial charge in [-0.3, -0.25) is 4.79 Å². The van der Waals surface area contributed by atoms with Crippen LogP contribution in [0.3, 0.4) is 0 Å². The number of nitrogens with zero attached hydrogens (tertiary/aromatic N) is 2. The van der Waals surface area contributed by atoms with E-state index >= 15 is 0 Å². The third-order valence-corrected chi connectivity index (χ3v) is 5.03. The molecule has 0 saturated carbocycles. The van der Waals surface area contributed by atoms with Gasteiger partial charge in [0.1, 0.15) is 29.4 Å². The normalized spacial score (nSPS) is 11.1. The standard InChI is InChI=1S/C19H10F4N4O2S/c20-8-1-2-10(21)13(5-8)30-27-12-4-3-11(22)15(16(12)23)17(28)9-6-24-18-14(9)19(29)26-7-25-18/h1-7,27H,(H2,24,25,26,29). The zero-order chi connectivity index (χ0) is 21.4. The zero-order valence-electron chi connectivity index (χ0n) is 14.7. The second-order valence-electron chi connectivity index (χ2n) is 6.02. The molecule has 0 unspecified atom stereocenters. The minimum atomic E-state index is -1.24. The molecular formula is C19H10F4N4O2S. The Bertz CT molecular complexity index is 1300. The molecule has 30 heavy (non-hydrogen) atoms. The highest BCUT2D eigenvalue weighted by Gasteiger charge is 2.26. The number of halogens is 4. The Hall–Kier alpha value is -3.60. The highest BCUT2D eigenvalue weighted by atomic mass is 32.2. The third-order valence-electron chi connectivity index (χ3n) is 4.18. The van der Waals surface area contributed by atoms with Crippen LogP contribution < -0.4 is 4.72 Å². The second kappa shape index (κ2) is 7.67. The van der Waals surface area contributed by atoms with Crippen molar-refractivity contribution in [2.24, 2.45) is 0 Å². The molecular weight excluding hydrogens is 424 g/mol. The highest BCUT2D eigenvalue weighted by molar-refractivity contribution is 8.00. The summed E-state index contributed by atoms with van der Waals surface area (Å²) in [5.41, 5.74) is -1.35. The number of aromatic nitrogens is 3. The third kappa shape index (κ3) is 3.43. The van der Waals surface area contributed by atoms with Gasteiger partial charge < -0.3 is 14.8 Å². The molecule has 0 saturated heterocycles. The molecule has 2 aromatic heterocycles. The van der Waals surface area contributed by atoms with E-state index in [1.54, 1.807) is 0 Å². The number of rotatable bonds is 5. The molecule has 2 heterocycles. The van der Waals surface area contributed by atoms with Gasteiger partial charge in [-0.15, -0.1) is 0 Å². The van der Waals surface area contributed by atoms with Crippen LogP contribution in [0.5, 0.6) is 5.88 Å². The largest absolute Gasteiger partial charge is 0.493 e. The lowest BCUT2D eigenvalue weighted by atomic mass is 10.0. The van der Waals surface area contributed by atoms with Gasteiger partial charge in [-0.25, -0.2) is 27.5 Å². The molecule has 4 aromatic rings. The maximum Gasteiger partial charge on any atom is 0.224 e. The summed E-state index contributed by atoms with van der Waals surface area (Å²) >= 11 is 0.552. The maximum absolute atomic E-state index is 15.0. The number of aromatic hydroxyl groups is 1. The van der Waals surface area contributed by atoms with Crippen LogP contribution in [0.25, 0.3) is 11.0 Å². The van der Waals surface area contributed by atoms with Gasteiger partial charge in [-0.1, -0.05) is 0 Å². The van der Waals surface area contributed by atoms with Crippen LogP contribution in [0.1, 0.15) is 15.9 Å². The van der Waals surface area contributed by atoms with E-state index in [0.717, 1.165) is 42.9 Å². The molecule has 152 valence electrons. The predicted octanol–water partition coefficient (Wildman–Crippen LogP) is 4.57. The fourth-order valence-electron chi connectivity index (χ4n) is 2.77. The van der Waals surface area contributed by atoms with Gasteiger partial charge >= 0.3 is 0 Å². The van der Waals surface area contributed by atoms with Gasteiger partial charge in [0.15, 0.2) is 5.82 Å². The Morgan fingerprint density at radius 2 is 1.83 bits per heavy atom. The predicted molar refractivity (Wildman–Crippen MR) is 101 cm³/mol. The summed E-state index contributed by atoms with van der Waals surface area (Å²) in [6, 6.07) is 4.60. The number of H-pyrrole nitrogens is 1. The highest BCUT2D eigenvalue weighted by Crippen LogP contribution is 2.32.